The Kier molecular flexibility index (Phi) is 7.29. The van der Waals surface area contributed by atoms with Gasteiger partial charge in [-0.25, -0.2) is 4.39 Å². The maximum Gasteiger partial charge on any atom is 0.316 e. The van der Waals surface area contributed by atoms with Crippen molar-refractivity contribution in [2.24, 2.45) is 5.73 Å². The minimum Gasteiger partial charge on any atom is -0.493 e. The SMILES string of the molecule is COc1cc2nccc(Oc3ccc(N(CC4NCCc5ccccc54)C(=O)C(N)=O)cc3F)c2cc1OC. The Labute approximate surface area is 224 Å². The van der Waals surface area contributed by atoms with Crippen molar-refractivity contribution in [1.82, 2.24) is 10.3 Å². The number of anilines is 1. The first-order valence-electron chi connectivity index (χ1n) is 12.3. The Balaban J connectivity index is 1.46. The molecule has 1 aliphatic heterocycles. The maximum atomic E-state index is 15.4. The van der Waals surface area contributed by atoms with E-state index in [9.17, 15) is 9.59 Å². The maximum absolute atomic E-state index is 15.4. The number of fused-ring (bicyclic) bond motifs is 2. The molecule has 2 heterocycles. The predicted molar refractivity (Wildman–Crippen MR) is 144 cm³/mol. The van der Waals surface area contributed by atoms with Crippen LogP contribution in [0.1, 0.15) is 17.2 Å². The van der Waals surface area contributed by atoms with Crippen LogP contribution in [0.2, 0.25) is 0 Å². The van der Waals surface area contributed by atoms with Crippen LogP contribution in [-0.2, 0) is 16.0 Å². The lowest BCUT2D eigenvalue weighted by molar-refractivity contribution is -0.135. The first-order valence-corrected chi connectivity index (χ1v) is 12.3. The second-order valence-electron chi connectivity index (χ2n) is 8.99. The molecule has 0 aliphatic carbocycles. The smallest absolute Gasteiger partial charge is 0.316 e. The van der Waals surface area contributed by atoms with E-state index in [4.69, 9.17) is 19.9 Å². The van der Waals surface area contributed by atoms with Crippen LogP contribution in [0.3, 0.4) is 0 Å². The predicted octanol–water partition coefficient (Wildman–Crippen LogP) is 3.89. The van der Waals surface area contributed by atoms with E-state index < -0.39 is 17.6 Å². The molecular weight excluding hydrogens is 503 g/mol. The lowest BCUT2D eigenvalue weighted by Crippen LogP contribution is -2.46. The molecule has 5 rings (SSSR count). The zero-order valence-corrected chi connectivity index (χ0v) is 21.4. The van der Waals surface area contributed by atoms with Crippen LogP contribution in [0.4, 0.5) is 10.1 Å². The Bertz CT molecular complexity index is 1560. The van der Waals surface area contributed by atoms with Gasteiger partial charge in [0.2, 0.25) is 0 Å². The number of carbonyl (C=O) groups excluding carboxylic acids is 2. The first kappa shape index (κ1) is 25.9. The van der Waals surface area contributed by atoms with E-state index in [1.807, 2.05) is 24.3 Å². The summed E-state index contributed by atoms with van der Waals surface area (Å²) in [6, 6.07) is 16.7. The standard InChI is InChI=1S/C29H27FN4O5/c1-37-26-14-20-22(15-27(26)38-2)32-12-10-24(20)39-25-8-7-18(13-21(25)30)34(29(36)28(31)35)16-23-19-6-4-3-5-17(19)9-11-33-23/h3-8,10,12-15,23,33H,9,11,16H2,1-2H3,(H2,31,35). The third-order valence-corrected chi connectivity index (χ3v) is 6.69. The highest BCUT2D eigenvalue weighted by Gasteiger charge is 2.28. The molecule has 4 aromatic rings. The number of primary amides is 1. The molecule has 39 heavy (non-hydrogen) atoms. The fourth-order valence-electron chi connectivity index (χ4n) is 4.77. The molecule has 0 radical (unpaired) electrons. The van der Waals surface area contributed by atoms with Crippen LogP contribution in [0.5, 0.6) is 23.0 Å². The second kappa shape index (κ2) is 11.0. The number of hydrogen-bond donors (Lipinski definition) is 2. The van der Waals surface area contributed by atoms with Crippen LogP contribution >= 0.6 is 0 Å². The van der Waals surface area contributed by atoms with Gasteiger partial charge >= 0.3 is 11.8 Å². The van der Waals surface area contributed by atoms with Gasteiger partial charge < -0.3 is 30.2 Å². The van der Waals surface area contributed by atoms with Crippen LogP contribution in [0, 0.1) is 5.82 Å². The van der Waals surface area contributed by atoms with Gasteiger partial charge in [0.15, 0.2) is 23.1 Å². The molecule has 10 heteroatoms. The summed E-state index contributed by atoms with van der Waals surface area (Å²) in [7, 11) is 3.04. The summed E-state index contributed by atoms with van der Waals surface area (Å²) in [6.07, 6.45) is 2.39. The summed E-state index contributed by atoms with van der Waals surface area (Å²) < 4.78 is 32.0. The first-order chi connectivity index (χ1) is 18.9. The molecule has 9 nitrogen and oxygen atoms in total. The quantitative estimate of drug-likeness (QED) is 0.348. The number of methoxy groups -OCH3 is 2. The summed E-state index contributed by atoms with van der Waals surface area (Å²) in [5.41, 5.74) is 8.27. The van der Waals surface area contributed by atoms with Gasteiger partial charge in [-0.15, -0.1) is 0 Å². The second-order valence-corrected chi connectivity index (χ2v) is 8.99. The number of aromatic nitrogens is 1. The van der Waals surface area contributed by atoms with E-state index in [-0.39, 0.29) is 24.0 Å². The monoisotopic (exact) mass is 530 g/mol. The van der Waals surface area contributed by atoms with Crippen LogP contribution in [-0.4, -0.2) is 44.1 Å². The van der Waals surface area contributed by atoms with E-state index >= 15 is 4.39 Å². The highest BCUT2D eigenvalue weighted by molar-refractivity contribution is 6.39. The van der Waals surface area contributed by atoms with Crippen LogP contribution in [0.15, 0.2) is 66.9 Å². The van der Waals surface area contributed by atoms with E-state index in [2.05, 4.69) is 10.3 Å². The van der Waals surface area contributed by atoms with E-state index in [1.165, 1.54) is 37.4 Å². The van der Waals surface area contributed by atoms with Gasteiger partial charge in [-0.1, -0.05) is 24.3 Å². The Morgan fingerprint density at radius 1 is 1.03 bits per heavy atom. The molecule has 0 saturated carbocycles. The zero-order chi connectivity index (χ0) is 27.5. The number of nitrogens with two attached hydrogens (primary N) is 1. The van der Waals surface area contributed by atoms with Crippen molar-refractivity contribution in [3.63, 3.8) is 0 Å². The molecule has 2 amide bonds. The van der Waals surface area contributed by atoms with Crippen molar-refractivity contribution in [2.75, 3.05) is 32.2 Å². The number of amides is 2. The summed E-state index contributed by atoms with van der Waals surface area (Å²) in [5.74, 6) is -1.55. The van der Waals surface area contributed by atoms with Gasteiger partial charge in [-0.2, -0.15) is 0 Å². The van der Waals surface area contributed by atoms with Crippen LogP contribution < -0.4 is 30.2 Å². The molecule has 3 aromatic carbocycles. The number of carbonyl (C=O) groups is 2. The molecule has 0 fully saturated rings. The lowest BCUT2D eigenvalue weighted by Gasteiger charge is -2.32. The van der Waals surface area contributed by atoms with Gasteiger partial charge in [0.25, 0.3) is 0 Å². The summed E-state index contributed by atoms with van der Waals surface area (Å²) >= 11 is 0. The molecule has 3 N–H and O–H groups in total. The molecule has 1 aromatic heterocycles. The molecular formula is C29H27FN4O5. The fourth-order valence-corrected chi connectivity index (χ4v) is 4.77. The number of benzene rings is 3. The lowest BCUT2D eigenvalue weighted by atomic mass is 9.94. The largest absolute Gasteiger partial charge is 0.493 e. The van der Waals surface area contributed by atoms with Gasteiger partial charge in [-0.05, 0) is 48.4 Å². The van der Waals surface area contributed by atoms with E-state index in [0.29, 0.717) is 34.7 Å². The fraction of sp³-hybridized carbons (Fsp3) is 0.207. The molecule has 0 bridgehead atoms. The highest BCUT2D eigenvalue weighted by atomic mass is 19.1. The van der Waals surface area contributed by atoms with Crippen molar-refractivity contribution in [1.29, 1.82) is 0 Å². The molecule has 1 aliphatic rings. The van der Waals surface area contributed by atoms with Crippen molar-refractivity contribution >= 4 is 28.4 Å². The minimum atomic E-state index is -1.13. The van der Waals surface area contributed by atoms with E-state index in [1.54, 1.807) is 18.2 Å². The number of nitrogens with one attached hydrogen (secondary N) is 1. The Morgan fingerprint density at radius 2 is 1.79 bits per heavy atom. The van der Waals surface area contributed by atoms with Crippen molar-refractivity contribution in [3.05, 3.63) is 83.8 Å². The zero-order valence-electron chi connectivity index (χ0n) is 21.4. The van der Waals surface area contributed by atoms with E-state index in [0.717, 1.165) is 23.6 Å². The third kappa shape index (κ3) is 5.19. The summed E-state index contributed by atoms with van der Waals surface area (Å²) in [4.78, 5) is 30.2. The average Bonchev–Trinajstić information content (AvgIpc) is 2.96. The van der Waals surface area contributed by atoms with Gasteiger partial charge in [0.05, 0.1) is 25.8 Å². The Morgan fingerprint density at radius 3 is 2.54 bits per heavy atom. The normalized spacial score (nSPS) is 14.4. The van der Waals surface area contributed by atoms with Gasteiger partial charge in [0.1, 0.15) is 5.75 Å². The minimum absolute atomic E-state index is 0.0753. The van der Waals surface area contributed by atoms with Crippen molar-refractivity contribution in [2.45, 2.75) is 12.5 Å². The molecule has 0 saturated heterocycles. The molecule has 1 atom stereocenters. The third-order valence-electron chi connectivity index (χ3n) is 6.69. The number of ether oxygens (including phenoxy) is 3. The molecule has 0 spiro atoms. The van der Waals surface area contributed by atoms with Crippen molar-refractivity contribution < 1.29 is 28.2 Å². The van der Waals surface area contributed by atoms with Crippen LogP contribution in [0.25, 0.3) is 10.9 Å². The summed E-state index contributed by atoms with van der Waals surface area (Å²) in [5, 5.41) is 3.96. The number of halogens is 1. The number of nitrogens with zero attached hydrogens (tertiary/aromatic N) is 2. The average molecular weight is 531 g/mol. The number of pyridine rings is 1. The topological polar surface area (TPSA) is 116 Å². The number of rotatable bonds is 7. The van der Waals surface area contributed by atoms with Crippen molar-refractivity contribution in [3.8, 4) is 23.0 Å². The molecule has 1 unspecified atom stereocenters. The highest BCUT2D eigenvalue weighted by Crippen LogP contribution is 2.38. The Hall–Kier alpha value is -4.70. The molecule has 200 valence electrons. The summed E-state index contributed by atoms with van der Waals surface area (Å²) in [6.45, 7) is 0.799. The van der Waals surface area contributed by atoms with Gasteiger partial charge in [-0.3, -0.25) is 14.6 Å². The number of hydrogen-bond acceptors (Lipinski definition) is 7. The van der Waals surface area contributed by atoms with Gasteiger partial charge in [0, 0.05) is 35.9 Å².